The molecule has 0 aliphatic rings. The monoisotopic (exact) mass is 397 g/mol. The molecule has 0 atom stereocenters. The molecule has 2 heterocycles. The van der Waals surface area contributed by atoms with E-state index in [0.29, 0.717) is 22.6 Å². The first-order valence-electron chi connectivity index (χ1n) is 8.44. The molecule has 0 fully saturated rings. The van der Waals surface area contributed by atoms with Crippen molar-refractivity contribution in [2.45, 2.75) is 24.4 Å². The quantitative estimate of drug-likeness (QED) is 0.428. The second kappa shape index (κ2) is 7.94. The lowest BCUT2D eigenvalue weighted by molar-refractivity contribution is 0.528. The molecule has 0 saturated heterocycles. The summed E-state index contributed by atoms with van der Waals surface area (Å²) in [6.07, 6.45) is 0. The summed E-state index contributed by atoms with van der Waals surface area (Å²) in [5, 5.41) is 18.4. The van der Waals surface area contributed by atoms with E-state index in [1.807, 2.05) is 42.5 Å². The van der Waals surface area contributed by atoms with Gasteiger partial charge < -0.3 is 8.98 Å². The van der Waals surface area contributed by atoms with Gasteiger partial charge in [0.2, 0.25) is 11.8 Å². The largest absolute Gasteiger partial charge is 0.420 e. The SMILES string of the molecule is CCn1c(SCc2nnc(-c3ccc(Cl)cc3)o2)nnc1-c1ccccc1. The van der Waals surface area contributed by atoms with Crippen molar-refractivity contribution >= 4 is 23.4 Å². The maximum absolute atomic E-state index is 5.91. The Morgan fingerprint density at radius 2 is 1.70 bits per heavy atom. The first kappa shape index (κ1) is 17.8. The highest BCUT2D eigenvalue weighted by Gasteiger charge is 2.15. The Morgan fingerprint density at radius 1 is 0.926 bits per heavy atom. The molecular weight excluding hydrogens is 382 g/mol. The van der Waals surface area contributed by atoms with Crippen LogP contribution in [0.1, 0.15) is 12.8 Å². The number of thioether (sulfide) groups is 1. The van der Waals surface area contributed by atoms with Gasteiger partial charge in [-0.3, -0.25) is 0 Å². The molecule has 0 bridgehead atoms. The Bertz CT molecular complexity index is 1030. The van der Waals surface area contributed by atoms with Gasteiger partial charge in [0, 0.05) is 22.7 Å². The molecule has 136 valence electrons. The number of hydrogen-bond donors (Lipinski definition) is 0. The van der Waals surface area contributed by atoms with Crippen LogP contribution in [0.2, 0.25) is 5.02 Å². The van der Waals surface area contributed by atoms with Crippen LogP contribution in [0.15, 0.2) is 64.2 Å². The van der Waals surface area contributed by atoms with Gasteiger partial charge >= 0.3 is 0 Å². The van der Waals surface area contributed by atoms with Crippen LogP contribution in [0.5, 0.6) is 0 Å². The van der Waals surface area contributed by atoms with Crippen LogP contribution >= 0.6 is 23.4 Å². The van der Waals surface area contributed by atoms with Crippen LogP contribution < -0.4 is 0 Å². The maximum atomic E-state index is 5.91. The van der Waals surface area contributed by atoms with Crippen molar-refractivity contribution in [3.05, 3.63) is 65.5 Å². The minimum Gasteiger partial charge on any atom is -0.420 e. The first-order chi connectivity index (χ1) is 13.2. The van der Waals surface area contributed by atoms with Crippen molar-refractivity contribution in [2.24, 2.45) is 0 Å². The van der Waals surface area contributed by atoms with E-state index in [0.717, 1.165) is 28.7 Å². The minimum atomic E-state index is 0.476. The highest BCUT2D eigenvalue weighted by Crippen LogP contribution is 2.27. The van der Waals surface area contributed by atoms with Crippen LogP contribution in [0.25, 0.3) is 22.8 Å². The lowest BCUT2D eigenvalue weighted by Gasteiger charge is -2.06. The van der Waals surface area contributed by atoms with Gasteiger partial charge in [-0.1, -0.05) is 53.7 Å². The van der Waals surface area contributed by atoms with Gasteiger partial charge in [-0.05, 0) is 31.2 Å². The topological polar surface area (TPSA) is 69.6 Å². The number of aromatic nitrogens is 5. The third-order valence-electron chi connectivity index (χ3n) is 3.95. The molecule has 0 spiro atoms. The van der Waals surface area contributed by atoms with Gasteiger partial charge in [-0.15, -0.1) is 20.4 Å². The van der Waals surface area contributed by atoms with Gasteiger partial charge in [0.25, 0.3) is 0 Å². The fourth-order valence-electron chi connectivity index (χ4n) is 2.63. The van der Waals surface area contributed by atoms with Gasteiger partial charge in [0.1, 0.15) is 0 Å². The Morgan fingerprint density at radius 3 is 2.44 bits per heavy atom. The fraction of sp³-hybridized carbons (Fsp3) is 0.158. The van der Waals surface area contributed by atoms with Crippen LogP contribution in [0, 0.1) is 0 Å². The highest BCUT2D eigenvalue weighted by molar-refractivity contribution is 7.98. The smallest absolute Gasteiger partial charge is 0.247 e. The van der Waals surface area contributed by atoms with Crippen LogP contribution in [-0.2, 0) is 12.3 Å². The summed E-state index contributed by atoms with van der Waals surface area (Å²) in [4.78, 5) is 0. The van der Waals surface area contributed by atoms with E-state index in [-0.39, 0.29) is 0 Å². The molecule has 2 aromatic heterocycles. The molecule has 0 amide bonds. The van der Waals surface area contributed by atoms with E-state index >= 15 is 0 Å². The third kappa shape index (κ3) is 3.89. The Kier molecular flexibility index (Phi) is 5.22. The van der Waals surface area contributed by atoms with Crippen molar-refractivity contribution < 1.29 is 4.42 Å². The third-order valence-corrected chi connectivity index (χ3v) is 5.15. The van der Waals surface area contributed by atoms with E-state index in [1.54, 1.807) is 12.1 Å². The number of hydrogen-bond acceptors (Lipinski definition) is 6. The van der Waals surface area contributed by atoms with Crippen LogP contribution in [-0.4, -0.2) is 25.0 Å². The molecule has 0 aliphatic heterocycles. The van der Waals surface area contributed by atoms with E-state index in [2.05, 4.69) is 31.9 Å². The van der Waals surface area contributed by atoms with E-state index in [1.165, 1.54) is 11.8 Å². The molecule has 0 radical (unpaired) electrons. The molecule has 0 saturated carbocycles. The van der Waals surface area contributed by atoms with Gasteiger partial charge in [-0.2, -0.15) is 0 Å². The molecule has 0 N–H and O–H groups in total. The summed E-state index contributed by atoms with van der Waals surface area (Å²) in [6, 6.07) is 17.3. The van der Waals surface area contributed by atoms with Crippen molar-refractivity contribution in [1.82, 2.24) is 25.0 Å². The molecule has 0 unspecified atom stereocenters. The van der Waals surface area contributed by atoms with Gasteiger partial charge in [0.05, 0.1) is 5.75 Å². The predicted octanol–water partition coefficient (Wildman–Crippen LogP) is 4.96. The second-order valence-electron chi connectivity index (χ2n) is 5.71. The van der Waals surface area contributed by atoms with Crippen molar-refractivity contribution in [3.63, 3.8) is 0 Å². The summed E-state index contributed by atoms with van der Waals surface area (Å²) < 4.78 is 7.83. The molecule has 6 nitrogen and oxygen atoms in total. The van der Waals surface area contributed by atoms with E-state index < -0.39 is 0 Å². The average molecular weight is 398 g/mol. The first-order valence-corrected chi connectivity index (χ1v) is 9.80. The normalized spacial score (nSPS) is 11.0. The Balaban J connectivity index is 1.50. The van der Waals surface area contributed by atoms with E-state index in [4.69, 9.17) is 16.0 Å². The van der Waals surface area contributed by atoms with Crippen molar-refractivity contribution in [1.29, 1.82) is 0 Å². The summed E-state index contributed by atoms with van der Waals surface area (Å²) in [6.45, 7) is 2.85. The second-order valence-corrected chi connectivity index (χ2v) is 7.09. The minimum absolute atomic E-state index is 0.476. The molecule has 2 aromatic carbocycles. The highest BCUT2D eigenvalue weighted by atomic mass is 35.5. The van der Waals surface area contributed by atoms with Crippen LogP contribution in [0.3, 0.4) is 0 Å². The predicted molar refractivity (Wildman–Crippen MR) is 105 cm³/mol. The summed E-state index contributed by atoms with van der Waals surface area (Å²) >= 11 is 7.43. The maximum Gasteiger partial charge on any atom is 0.247 e. The lowest BCUT2D eigenvalue weighted by Crippen LogP contribution is -1.99. The summed E-state index contributed by atoms with van der Waals surface area (Å²) in [7, 11) is 0. The summed E-state index contributed by atoms with van der Waals surface area (Å²) in [5.74, 6) is 2.39. The Labute approximate surface area is 165 Å². The standard InChI is InChI=1S/C19H16ClN5OS/c1-2-25-17(13-6-4-3-5-7-13)22-24-19(25)27-12-16-21-23-18(26-16)14-8-10-15(20)11-9-14/h3-11H,2,12H2,1H3. The Hall–Kier alpha value is -2.64. The van der Waals surface area contributed by atoms with Gasteiger partial charge in [-0.25, -0.2) is 0 Å². The number of rotatable bonds is 6. The number of benzene rings is 2. The molecular formula is C19H16ClN5OS. The molecule has 4 rings (SSSR count). The van der Waals surface area contributed by atoms with Crippen molar-refractivity contribution in [2.75, 3.05) is 0 Å². The zero-order valence-corrected chi connectivity index (χ0v) is 16.1. The van der Waals surface area contributed by atoms with Crippen molar-refractivity contribution in [3.8, 4) is 22.8 Å². The lowest BCUT2D eigenvalue weighted by atomic mass is 10.2. The zero-order valence-electron chi connectivity index (χ0n) is 14.5. The number of halogens is 1. The zero-order chi connectivity index (χ0) is 18.6. The van der Waals surface area contributed by atoms with Crippen LogP contribution in [0.4, 0.5) is 0 Å². The average Bonchev–Trinajstić information content (AvgIpc) is 3.34. The molecule has 8 heteroatoms. The molecule has 0 aliphatic carbocycles. The summed E-state index contributed by atoms with van der Waals surface area (Å²) in [5.41, 5.74) is 1.88. The van der Waals surface area contributed by atoms with Gasteiger partial charge in [0.15, 0.2) is 11.0 Å². The van der Waals surface area contributed by atoms with E-state index in [9.17, 15) is 0 Å². The fourth-order valence-corrected chi connectivity index (χ4v) is 3.59. The number of nitrogens with zero attached hydrogens (tertiary/aromatic N) is 5. The molecule has 4 aromatic rings. The molecule has 27 heavy (non-hydrogen) atoms.